The Morgan fingerprint density at radius 3 is 2.55 bits per heavy atom. The molecule has 0 radical (unpaired) electrons. The van der Waals surface area contributed by atoms with E-state index in [1.807, 2.05) is 37.3 Å². The van der Waals surface area contributed by atoms with Crippen LogP contribution >= 0.6 is 0 Å². The second-order valence-electron chi connectivity index (χ2n) is 7.84. The molecule has 2 heterocycles. The lowest BCUT2D eigenvalue weighted by atomic mass is 10.1. The molecule has 1 aliphatic carbocycles. The summed E-state index contributed by atoms with van der Waals surface area (Å²) >= 11 is 0. The molecular weight excluding hydrogens is 396 g/mol. The number of aryl methyl sites for hydroxylation is 2. The van der Waals surface area contributed by atoms with Gasteiger partial charge in [0.15, 0.2) is 0 Å². The number of aromatic nitrogens is 2. The summed E-state index contributed by atoms with van der Waals surface area (Å²) in [5.41, 5.74) is 3.12. The number of esters is 1. The van der Waals surface area contributed by atoms with Gasteiger partial charge in [-0.25, -0.2) is 14.4 Å². The normalized spacial score (nSPS) is 13.1. The van der Waals surface area contributed by atoms with Crippen LogP contribution in [0.5, 0.6) is 5.75 Å². The quantitative estimate of drug-likeness (QED) is 0.282. The maximum atomic E-state index is 12.9. The van der Waals surface area contributed by atoms with Crippen molar-refractivity contribution in [3.8, 4) is 5.75 Å². The average Bonchev–Trinajstić information content (AvgIpc) is 3.34. The molecule has 0 amide bonds. The van der Waals surface area contributed by atoms with Crippen molar-refractivity contribution in [1.29, 1.82) is 0 Å². The third-order valence-electron chi connectivity index (χ3n) is 5.84. The van der Waals surface area contributed by atoms with Crippen LogP contribution in [0.15, 0.2) is 56.5 Å². The van der Waals surface area contributed by atoms with Crippen molar-refractivity contribution >= 4 is 28.0 Å². The van der Waals surface area contributed by atoms with Crippen LogP contribution in [0.4, 0.5) is 0 Å². The maximum Gasteiger partial charge on any atom is 0.339 e. The van der Waals surface area contributed by atoms with Crippen LogP contribution in [0.1, 0.15) is 30.9 Å². The van der Waals surface area contributed by atoms with Gasteiger partial charge >= 0.3 is 17.3 Å². The summed E-state index contributed by atoms with van der Waals surface area (Å²) in [6.45, 7) is 2.37. The summed E-state index contributed by atoms with van der Waals surface area (Å²) in [5, 5.41) is 0.880. The van der Waals surface area contributed by atoms with E-state index in [0.717, 1.165) is 47.7 Å². The van der Waals surface area contributed by atoms with Gasteiger partial charge < -0.3 is 9.15 Å². The molecule has 0 saturated carbocycles. The lowest BCUT2D eigenvalue weighted by Crippen LogP contribution is -2.28. The van der Waals surface area contributed by atoms with Crippen LogP contribution in [0, 0.1) is 0 Å². The molecule has 0 aliphatic heterocycles. The Morgan fingerprint density at radius 1 is 1.03 bits per heavy atom. The van der Waals surface area contributed by atoms with Crippen LogP contribution in [0.2, 0.25) is 0 Å². The van der Waals surface area contributed by atoms with Gasteiger partial charge in [0.1, 0.15) is 17.9 Å². The minimum Gasteiger partial charge on any atom is -0.425 e. The van der Waals surface area contributed by atoms with Crippen LogP contribution in [0.3, 0.4) is 0 Å². The van der Waals surface area contributed by atoms with Gasteiger partial charge in [-0.2, -0.15) is 0 Å². The molecule has 7 nitrogen and oxygen atoms in total. The predicted molar refractivity (Wildman–Crippen MR) is 117 cm³/mol. The fraction of sp³-hybridized carbons (Fsp3) is 0.292. The van der Waals surface area contributed by atoms with Gasteiger partial charge in [0, 0.05) is 23.6 Å². The van der Waals surface area contributed by atoms with E-state index in [0.29, 0.717) is 17.6 Å². The summed E-state index contributed by atoms with van der Waals surface area (Å²) in [4.78, 5) is 37.7. The molecule has 2 aromatic carbocycles. The minimum atomic E-state index is -0.565. The molecule has 1 aliphatic rings. The molecule has 0 unspecified atom stereocenters. The first-order valence-electron chi connectivity index (χ1n) is 10.5. The standard InChI is InChI=1S/C24H22N2O5/c1-2-12-25-19-8-3-4-9-20(19)26(24(25)29)14-22(27)30-15-10-11-17-16-6-5-7-18(16)23(28)31-21(17)13-15/h3-4,8-11,13H,2,5-7,12,14H2,1H3. The molecule has 0 atom stereocenters. The van der Waals surface area contributed by atoms with Crippen molar-refractivity contribution in [3.05, 3.63) is 74.5 Å². The molecule has 0 N–H and O–H groups in total. The third kappa shape index (κ3) is 3.26. The number of ether oxygens (including phenoxy) is 1. The maximum absolute atomic E-state index is 12.9. The van der Waals surface area contributed by atoms with Crippen molar-refractivity contribution in [1.82, 2.24) is 9.13 Å². The Balaban J connectivity index is 1.45. The highest BCUT2D eigenvalue weighted by Crippen LogP contribution is 2.29. The third-order valence-corrected chi connectivity index (χ3v) is 5.84. The van der Waals surface area contributed by atoms with E-state index in [1.54, 1.807) is 16.7 Å². The second kappa shape index (κ2) is 7.58. The smallest absolute Gasteiger partial charge is 0.339 e. The van der Waals surface area contributed by atoms with Crippen molar-refractivity contribution < 1.29 is 13.9 Å². The zero-order valence-electron chi connectivity index (χ0n) is 17.2. The van der Waals surface area contributed by atoms with E-state index < -0.39 is 5.97 Å². The number of benzene rings is 2. The van der Waals surface area contributed by atoms with Gasteiger partial charge in [-0.05, 0) is 55.5 Å². The van der Waals surface area contributed by atoms with E-state index in [-0.39, 0.29) is 23.6 Å². The first kappa shape index (κ1) is 19.4. The Morgan fingerprint density at radius 2 is 1.77 bits per heavy atom. The summed E-state index contributed by atoms with van der Waals surface area (Å²) < 4.78 is 14.0. The zero-order valence-corrected chi connectivity index (χ0v) is 17.2. The highest BCUT2D eigenvalue weighted by molar-refractivity contribution is 5.84. The molecule has 0 bridgehead atoms. The number of hydrogen-bond acceptors (Lipinski definition) is 5. The van der Waals surface area contributed by atoms with Crippen LogP contribution in [-0.2, 0) is 30.7 Å². The molecule has 0 saturated heterocycles. The Kier molecular flexibility index (Phi) is 4.73. The number of rotatable bonds is 5. The van der Waals surface area contributed by atoms with E-state index >= 15 is 0 Å². The minimum absolute atomic E-state index is 0.206. The molecule has 0 fully saturated rings. The first-order chi connectivity index (χ1) is 15.1. The predicted octanol–water partition coefficient (Wildman–Crippen LogP) is 3.41. The molecule has 31 heavy (non-hydrogen) atoms. The Hall–Kier alpha value is -3.61. The Bertz CT molecular complexity index is 1440. The van der Waals surface area contributed by atoms with E-state index in [2.05, 4.69) is 0 Å². The van der Waals surface area contributed by atoms with Gasteiger partial charge in [0.05, 0.1) is 11.0 Å². The van der Waals surface area contributed by atoms with Gasteiger partial charge in [-0.3, -0.25) is 9.13 Å². The van der Waals surface area contributed by atoms with Crippen molar-refractivity contribution in [2.75, 3.05) is 0 Å². The van der Waals surface area contributed by atoms with Crippen molar-refractivity contribution in [2.24, 2.45) is 0 Å². The topological polar surface area (TPSA) is 83.4 Å². The van der Waals surface area contributed by atoms with Gasteiger partial charge in [0.2, 0.25) is 0 Å². The monoisotopic (exact) mass is 418 g/mol. The molecule has 2 aromatic heterocycles. The zero-order chi connectivity index (χ0) is 21.5. The molecule has 5 rings (SSSR count). The fourth-order valence-electron chi connectivity index (χ4n) is 4.49. The number of carbonyl (C=O) groups excluding carboxylic acids is 1. The summed E-state index contributed by atoms with van der Waals surface area (Å²) in [6.07, 6.45) is 3.34. The molecule has 7 heteroatoms. The molecule has 158 valence electrons. The highest BCUT2D eigenvalue weighted by atomic mass is 16.5. The van der Waals surface area contributed by atoms with E-state index in [1.165, 1.54) is 4.57 Å². The molecular formula is C24H22N2O5. The lowest BCUT2D eigenvalue weighted by molar-refractivity contribution is -0.135. The summed E-state index contributed by atoms with van der Waals surface area (Å²) in [7, 11) is 0. The lowest BCUT2D eigenvalue weighted by Gasteiger charge is -2.08. The molecule has 0 spiro atoms. The van der Waals surface area contributed by atoms with Gasteiger partial charge in [-0.15, -0.1) is 0 Å². The number of hydrogen-bond donors (Lipinski definition) is 0. The van der Waals surface area contributed by atoms with Crippen molar-refractivity contribution in [3.63, 3.8) is 0 Å². The number of fused-ring (bicyclic) bond motifs is 4. The van der Waals surface area contributed by atoms with Crippen LogP contribution in [0.25, 0.3) is 22.0 Å². The highest BCUT2D eigenvalue weighted by Gasteiger charge is 2.20. The summed E-state index contributed by atoms with van der Waals surface area (Å²) in [6, 6.07) is 12.5. The number of carbonyl (C=O) groups is 1. The largest absolute Gasteiger partial charge is 0.425 e. The van der Waals surface area contributed by atoms with E-state index in [4.69, 9.17) is 9.15 Å². The summed E-state index contributed by atoms with van der Waals surface area (Å²) in [5.74, 6) is -0.284. The van der Waals surface area contributed by atoms with E-state index in [9.17, 15) is 14.4 Å². The number of para-hydroxylation sites is 2. The second-order valence-corrected chi connectivity index (χ2v) is 7.84. The number of nitrogens with zero attached hydrogens (tertiary/aromatic N) is 2. The number of imidazole rings is 1. The van der Waals surface area contributed by atoms with Gasteiger partial charge in [-0.1, -0.05) is 19.1 Å². The first-order valence-corrected chi connectivity index (χ1v) is 10.5. The van der Waals surface area contributed by atoms with Crippen molar-refractivity contribution in [2.45, 2.75) is 45.7 Å². The fourth-order valence-corrected chi connectivity index (χ4v) is 4.49. The van der Waals surface area contributed by atoms with Gasteiger partial charge in [0.25, 0.3) is 0 Å². The average molecular weight is 418 g/mol. The SMILES string of the molecule is CCCn1c(=O)n(CC(=O)Oc2ccc3c4c(c(=O)oc3c2)CCC4)c2ccccc21. The van der Waals surface area contributed by atoms with Crippen LogP contribution < -0.4 is 16.1 Å². The molecule has 4 aromatic rings. The Labute approximate surface area is 177 Å². The van der Waals surface area contributed by atoms with Crippen LogP contribution in [-0.4, -0.2) is 15.1 Å².